The van der Waals surface area contributed by atoms with Crippen LogP contribution in [-0.4, -0.2) is 23.5 Å². The Hall–Kier alpha value is -1.38. The van der Waals surface area contributed by atoms with Gasteiger partial charge in [0.15, 0.2) is 0 Å². The molecule has 90 valence electrons. The lowest BCUT2D eigenvalue weighted by Crippen LogP contribution is -2.22. The van der Waals surface area contributed by atoms with E-state index in [1.165, 1.54) is 32.1 Å². The Labute approximate surface area is 102 Å². The van der Waals surface area contributed by atoms with Crippen LogP contribution >= 0.6 is 0 Å². The highest BCUT2D eigenvalue weighted by atomic mass is 16.5. The monoisotopic (exact) mass is 230 g/mol. The molecule has 1 saturated carbocycles. The fourth-order valence-corrected chi connectivity index (χ4v) is 2.78. The van der Waals surface area contributed by atoms with E-state index in [9.17, 15) is 0 Å². The molecule has 0 N–H and O–H groups in total. The van der Waals surface area contributed by atoms with Crippen molar-refractivity contribution in [3.63, 3.8) is 0 Å². The minimum absolute atomic E-state index is 0.368. The van der Waals surface area contributed by atoms with Crippen molar-refractivity contribution >= 4 is 5.90 Å². The van der Waals surface area contributed by atoms with Gasteiger partial charge in [-0.2, -0.15) is 0 Å². The molecule has 1 fully saturated rings. The van der Waals surface area contributed by atoms with Crippen LogP contribution in [0.5, 0.6) is 0 Å². The lowest BCUT2D eigenvalue weighted by Gasteiger charge is -2.24. The van der Waals surface area contributed by atoms with Gasteiger partial charge in [-0.25, -0.2) is 4.99 Å². The van der Waals surface area contributed by atoms with Gasteiger partial charge in [0.05, 0.1) is 6.04 Å². The molecule has 0 aromatic carbocycles. The Kier molecular flexibility index (Phi) is 3.08. The van der Waals surface area contributed by atoms with Gasteiger partial charge in [-0.1, -0.05) is 25.3 Å². The molecule has 0 amide bonds. The molecule has 1 aromatic heterocycles. The molecule has 3 rings (SSSR count). The van der Waals surface area contributed by atoms with Gasteiger partial charge in [-0.15, -0.1) is 0 Å². The zero-order valence-electron chi connectivity index (χ0n) is 10.0. The van der Waals surface area contributed by atoms with Crippen LogP contribution in [0.3, 0.4) is 0 Å². The summed E-state index contributed by atoms with van der Waals surface area (Å²) in [5.74, 6) is 1.46. The summed E-state index contributed by atoms with van der Waals surface area (Å²) < 4.78 is 5.69. The van der Waals surface area contributed by atoms with Crippen LogP contribution in [0.25, 0.3) is 0 Å². The van der Waals surface area contributed by atoms with Gasteiger partial charge in [0.1, 0.15) is 12.3 Å². The van der Waals surface area contributed by atoms with Crippen molar-refractivity contribution in [2.75, 3.05) is 6.61 Å². The first-order valence-corrected chi connectivity index (χ1v) is 6.55. The van der Waals surface area contributed by atoms with Gasteiger partial charge in [0, 0.05) is 6.20 Å². The second-order valence-electron chi connectivity index (χ2n) is 4.93. The van der Waals surface area contributed by atoms with E-state index in [-0.39, 0.29) is 0 Å². The maximum absolute atomic E-state index is 5.69. The molecule has 2 aliphatic rings. The molecule has 0 unspecified atom stereocenters. The number of ether oxygens (including phenoxy) is 1. The van der Waals surface area contributed by atoms with Crippen LogP contribution in [0.15, 0.2) is 29.4 Å². The fourth-order valence-electron chi connectivity index (χ4n) is 2.78. The van der Waals surface area contributed by atoms with Crippen LogP contribution in [0.2, 0.25) is 0 Å². The zero-order valence-corrected chi connectivity index (χ0v) is 10.0. The number of nitrogens with zero attached hydrogens (tertiary/aromatic N) is 2. The Balaban J connectivity index is 1.72. The van der Waals surface area contributed by atoms with Crippen molar-refractivity contribution in [2.24, 2.45) is 10.9 Å². The minimum atomic E-state index is 0.368. The average molecular weight is 230 g/mol. The van der Waals surface area contributed by atoms with Crippen molar-refractivity contribution in [2.45, 2.75) is 38.1 Å². The summed E-state index contributed by atoms with van der Waals surface area (Å²) in [7, 11) is 0. The SMILES string of the molecule is c1ccc(C2=N[C@@H](C3CCCCC3)CO2)nc1. The molecule has 2 heterocycles. The van der Waals surface area contributed by atoms with E-state index in [2.05, 4.69) is 4.98 Å². The Morgan fingerprint density at radius 3 is 2.76 bits per heavy atom. The Morgan fingerprint density at radius 2 is 2.00 bits per heavy atom. The smallest absolute Gasteiger partial charge is 0.235 e. The number of hydrogen-bond acceptors (Lipinski definition) is 3. The predicted molar refractivity (Wildman–Crippen MR) is 67.1 cm³/mol. The molecular weight excluding hydrogens is 212 g/mol. The molecular formula is C14H18N2O. The van der Waals surface area contributed by atoms with E-state index in [0.717, 1.165) is 24.1 Å². The summed E-state index contributed by atoms with van der Waals surface area (Å²) in [6.45, 7) is 0.747. The predicted octanol–water partition coefficient (Wildman–Crippen LogP) is 2.81. The topological polar surface area (TPSA) is 34.5 Å². The Morgan fingerprint density at radius 1 is 1.12 bits per heavy atom. The van der Waals surface area contributed by atoms with Crippen LogP contribution < -0.4 is 0 Å². The molecule has 1 aliphatic heterocycles. The molecule has 0 bridgehead atoms. The molecule has 3 heteroatoms. The number of rotatable bonds is 2. The third-order valence-corrected chi connectivity index (χ3v) is 3.75. The van der Waals surface area contributed by atoms with Crippen LogP contribution in [-0.2, 0) is 4.74 Å². The standard InChI is InChI=1S/C14H18N2O/c1-2-6-11(7-3-1)13-10-17-14(16-13)12-8-4-5-9-15-12/h4-5,8-9,11,13H,1-3,6-7,10H2/t13-/m1/s1. The van der Waals surface area contributed by atoms with Gasteiger partial charge in [-0.05, 0) is 30.9 Å². The second kappa shape index (κ2) is 4.86. The molecule has 1 aromatic rings. The first-order chi connectivity index (χ1) is 8.43. The molecule has 0 spiro atoms. The maximum atomic E-state index is 5.69. The minimum Gasteiger partial charge on any atom is -0.474 e. The van der Waals surface area contributed by atoms with Crippen molar-refractivity contribution in [3.8, 4) is 0 Å². The van der Waals surface area contributed by atoms with E-state index < -0.39 is 0 Å². The normalized spacial score (nSPS) is 25.4. The Bertz CT molecular complexity index is 396. The highest BCUT2D eigenvalue weighted by Crippen LogP contribution is 2.30. The molecule has 3 nitrogen and oxygen atoms in total. The first kappa shape index (κ1) is 10.8. The van der Waals surface area contributed by atoms with Gasteiger partial charge in [-0.3, -0.25) is 4.98 Å². The van der Waals surface area contributed by atoms with Gasteiger partial charge >= 0.3 is 0 Å². The average Bonchev–Trinajstić information content (AvgIpc) is 2.90. The molecule has 0 saturated heterocycles. The lowest BCUT2D eigenvalue weighted by atomic mass is 9.84. The van der Waals surface area contributed by atoms with E-state index in [0.29, 0.717) is 6.04 Å². The van der Waals surface area contributed by atoms with E-state index in [1.54, 1.807) is 6.20 Å². The van der Waals surface area contributed by atoms with Gasteiger partial charge in [0.25, 0.3) is 0 Å². The summed E-state index contributed by atoms with van der Waals surface area (Å²) >= 11 is 0. The molecule has 0 radical (unpaired) electrons. The fraction of sp³-hybridized carbons (Fsp3) is 0.571. The first-order valence-electron chi connectivity index (χ1n) is 6.55. The molecule has 1 aliphatic carbocycles. The van der Waals surface area contributed by atoms with Crippen molar-refractivity contribution in [1.29, 1.82) is 0 Å². The summed E-state index contributed by atoms with van der Waals surface area (Å²) in [5, 5.41) is 0. The third kappa shape index (κ3) is 2.33. The summed E-state index contributed by atoms with van der Waals surface area (Å²) in [6.07, 6.45) is 8.52. The van der Waals surface area contributed by atoms with Gasteiger partial charge in [0.2, 0.25) is 5.90 Å². The summed E-state index contributed by atoms with van der Waals surface area (Å²) in [6, 6.07) is 6.22. The van der Waals surface area contributed by atoms with E-state index in [1.807, 2.05) is 18.2 Å². The van der Waals surface area contributed by atoms with Crippen LogP contribution in [0, 0.1) is 5.92 Å². The number of aromatic nitrogens is 1. The van der Waals surface area contributed by atoms with Crippen molar-refractivity contribution in [1.82, 2.24) is 4.98 Å². The number of aliphatic imine (C=N–C) groups is 1. The summed E-state index contributed by atoms with van der Waals surface area (Å²) in [4.78, 5) is 9.00. The maximum Gasteiger partial charge on any atom is 0.235 e. The van der Waals surface area contributed by atoms with Crippen molar-refractivity contribution < 1.29 is 4.74 Å². The van der Waals surface area contributed by atoms with Crippen molar-refractivity contribution in [3.05, 3.63) is 30.1 Å². The summed E-state index contributed by atoms with van der Waals surface area (Å²) in [5.41, 5.74) is 0.866. The second-order valence-corrected chi connectivity index (χ2v) is 4.93. The largest absolute Gasteiger partial charge is 0.474 e. The molecule has 1 atom stereocenters. The van der Waals surface area contributed by atoms with Crippen LogP contribution in [0.4, 0.5) is 0 Å². The highest BCUT2D eigenvalue weighted by Gasteiger charge is 2.29. The van der Waals surface area contributed by atoms with Crippen LogP contribution in [0.1, 0.15) is 37.8 Å². The number of pyridine rings is 1. The molecule has 17 heavy (non-hydrogen) atoms. The number of hydrogen-bond donors (Lipinski definition) is 0. The zero-order chi connectivity index (χ0) is 11.5. The quantitative estimate of drug-likeness (QED) is 0.783. The lowest BCUT2D eigenvalue weighted by molar-refractivity contribution is 0.240. The third-order valence-electron chi connectivity index (χ3n) is 3.75. The highest BCUT2D eigenvalue weighted by molar-refractivity contribution is 5.93. The van der Waals surface area contributed by atoms with E-state index >= 15 is 0 Å². The van der Waals surface area contributed by atoms with E-state index in [4.69, 9.17) is 9.73 Å². The van der Waals surface area contributed by atoms with Gasteiger partial charge < -0.3 is 4.74 Å².